The van der Waals surface area contributed by atoms with Crippen molar-refractivity contribution in [1.82, 2.24) is 9.88 Å². The number of hydrogen-bond acceptors (Lipinski definition) is 3. The smallest absolute Gasteiger partial charge is 0.251 e. The molecule has 0 N–H and O–H groups in total. The maximum Gasteiger partial charge on any atom is 0.251 e. The third kappa shape index (κ3) is 3.51. The third-order valence-electron chi connectivity index (χ3n) is 5.81. The van der Waals surface area contributed by atoms with Crippen molar-refractivity contribution in [3.8, 4) is 0 Å². The van der Waals surface area contributed by atoms with E-state index in [1.807, 2.05) is 38.1 Å². The summed E-state index contributed by atoms with van der Waals surface area (Å²) in [5, 5.41) is 0.522. The van der Waals surface area contributed by atoms with Crippen LogP contribution >= 0.6 is 11.6 Å². The highest BCUT2D eigenvalue weighted by atomic mass is 35.5. The molecule has 1 saturated carbocycles. The molecule has 5 nitrogen and oxygen atoms in total. The molecule has 1 unspecified atom stereocenters. The second-order valence-corrected chi connectivity index (χ2v) is 8.30. The van der Waals surface area contributed by atoms with E-state index in [-0.39, 0.29) is 24.3 Å². The third-order valence-corrected chi connectivity index (χ3v) is 6.02. The minimum absolute atomic E-state index is 0.0172. The number of aromatic nitrogens is 1. The van der Waals surface area contributed by atoms with E-state index in [1.54, 1.807) is 15.9 Å². The van der Waals surface area contributed by atoms with Crippen LogP contribution in [0.25, 0.3) is 0 Å². The summed E-state index contributed by atoms with van der Waals surface area (Å²) in [6, 6.07) is 9.49. The van der Waals surface area contributed by atoms with Crippen molar-refractivity contribution >= 4 is 29.2 Å². The van der Waals surface area contributed by atoms with Gasteiger partial charge in [0.1, 0.15) is 18.4 Å². The first kappa shape index (κ1) is 18.9. The Kier molecular flexibility index (Phi) is 5.11. The zero-order valence-corrected chi connectivity index (χ0v) is 16.9. The van der Waals surface area contributed by atoms with Crippen molar-refractivity contribution in [3.05, 3.63) is 58.2 Å². The fourth-order valence-corrected chi connectivity index (χ4v) is 4.25. The van der Waals surface area contributed by atoms with Gasteiger partial charge in [0, 0.05) is 12.7 Å². The van der Waals surface area contributed by atoms with E-state index in [4.69, 9.17) is 11.6 Å². The lowest BCUT2D eigenvalue weighted by Gasteiger charge is -2.46. The summed E-state index contributed by atoms with van der Waals surface area (Å²) in [5.74, 6) is 0.682. The van der Waals surface area contributed by atoms with Crippen molar-refractivity contribution in [2.24, 2.45) is 5.92 Å². The van der Waals surface area contributed by atoms with Crippen LogP contribution in [0.1, 0.15) is 36.0 Å². The average Bonchev–Trinajstić information content (AvgIpc) is 2.61. The van der Waals surface area contributed by atoms with Gasteiger partial charge < -0.3 is 4.90 Å². The first-order chi connectivity index (χ1) is 13.4. The normalized spacial score (nSPS) is 20.5. The van der Waals surface area contributed by atoms with Crippen molar-refractivity contribution in [1.29, 1.82) is 0 Å². The molecule has 2 heterocycles. The molecule has 2 aromatic rings. The highest BCUT2D eigenvalue weighted by Gasteiger charge is 2.46. The molecule has 2 amide bonds. The van der Waals surface area contributed by atoms with Gasteiger partial charge in [0.15, 0.2) is 0 Å². The van der Waals surface area contributed by atoms with Crippen molar-refractivity contribution in [2.45, 2.75) is 45.7 Å². The van der Waals surface area contributed by atoms with Crippen LogP contribution in [-0.2, 0) is 16.1 Å². The van der Waals surface area contributed by atoms with Crippen LogP contribution in [0.2, 0.25) is 5.02 Å². The zero-order chi connectivity index (χ0) is 19.8. The predicted molar refractivity (Wildman–Crippen MR) is 109 cm³/mol. The first-order valence-corrected chi connectivity index (χ1v) is 10.1. The van der Waals surface area contributed by atoms with E-state index >= 15 is 0 Å². The molecule has 0 radical (unpaired) electrons. The lowest BCUT2D eigenvalue weighted by atomic mass is 9.77. The second-order valence-electron chi connectivity index (χ2n) is 7.86. The Labute approximate surface area is 170 Å². The lowest BCUT2D eigenvalue weighted by Crippen LogP contribution is -2.63. The van der Waals surface area contributed by atoms with E-state index < -0.39 is 6.04 Å². The van der Waals surface area contributed by atoms with Crippen LogP contribution in [-0.4, -0.2) is 34.3 Å². The van der Waals surface area contributed by atoms with Gasteiger partial charge in [0.2, 0.25) is 5.91 Å². The molecule has 1 aliphatic heterocycles. The average molecular weight is 398 g/mol. The van der Waals surface area contributed by atoms with Crippen molar-refractivity contribution in [3.63, 3.8) is 0 Å². The van der Waals surface area contributed by atoms with Crippen LogP contribution < -0.4 is 4.90 Å². The van der Waals surface area contributed by atoms with E-state index in [1.165, 1.54) is 11.8 Å². The van der Waals surface area contributed by atoms with E-state index in [0.29, 0.717) is 17.4 Å². The number of halogens is 1. The quantitative estimate of drug-likeness (QED) is 0.786. The Morgan fingerprint density at radius 1 is 1.14 bits per heavy atom. The van der Waals surface area contributed by atoms with E-state index in [9.17, 15) is 9.59 Å². The minimum atomic E-state index is -0.423. The Bertz CT molecular complexity index is 908. The number of carbonyl (C=O) groups excluding carboxylic acids is 2. The molecule has 1 aliphatic carbocycles. The summed E-state index contributed by atoms with van der Waals surface area (Å²) in [4.78, 5) is 34.2. The van der Waals surface area contributed by atoms with Gasteiger partial charge in [0.05, 0.1) is 5.02 Å². The molecule has 28 heavy (non-hydrogen) atoms. The van der Waals surface area contributed by atoms with Crippen LogP contribution in [0.3, 0.4) is 0 Å². The summed E-state index contributed by atoms with van der Waals surface area (Å²) in [6.45, 7) is 4.38. The fraction of sp³-hybridized carbons (Fsp3) is 0.409. The number of rotatable bonds is 4. The summed E-state index contributed by atoms with van der Waals surface area (Å²) in [7, 11) is 0. The number of aryl methyl sites for hydroxylation is 2. The molecule has 4 rings (SSSR count). The van der Waals surface area contributed by atoms with Crippen LogP contribution in [0.5, 0.6) is 0 Å². The van der Waals surface area contributed by atoms with Crippen LogP contribution in [0.15, 0.2) is 36.5 Å². The Morgan fingerprint density at radius 3 is 2.46 bits per heavy atom. The Hall–Kier alpha value is -2.40. The monoisotopic (exact) mass is 397 g/mol. The number of nitrogens with zero attached hydrogens (tertiary/aromatic N) is 3. The largest absolute Gasteiger partial charge is 0.324 e. The standard InChI is InChI=1S/C22H24ClN3O2/c1-14-6-8-16(9-7-14)12-25-19(27)13-26(21-15(2)10-18(23)11-24-21)22(28)20(25)17-4-3-5-17/h6-11,17,20H,3-5,12-13H2,1-2H3. The highest BCUT2D eigenvalue weighted by Crippen LogP contribution is 2.37. The van der Waals surface area contributed by atoms with Gasteiger partial charge in [-0.1, -0.05) is 47.9 Å². The van der Waals surface area contributed by atoms with E-state index in [0.717, 1.165) is 30.4 Å². The summed E-state index contributed by atoms with van der Waals surface area (Å²) in [5.41, 5.74) is 3.02. The number of amides is 2. The molecule has 1 atom stereocenters. The maximum atomic E-state index is 13.5. The number of pyridine rings is 1. The number of benzene rings is 1. The number of anilines is 1. The lowest BCUT2D eigenvalue weighted by molar-refractivity contribution is -0.147. The van der Waals surface area contributed by atoms with Gasteiger partial charge in [0.25, 0.3) is 5.91 Å². The van der Waals surface area contributed by atoms with E-state index in [2.05, 4.69) is 4.98 Å². The van der Waals surface area contributed by atoms with Gasteiger partial charge in [-0.3, -0.25) is 14.5 Å². The molecule has 0 spiro atoms. The van der Waals surface area contributed by atoms with Gasteiger partial charge in [-0.15, -0.1) is 0 Å². The molecule has 2 aliphatic rings. The Morgan fingerprint density at radius 2 is 1.86 bits per heavy atom. The topological polar surface area (TPSA) is 53.5 Å². The molecule has 2 fully saturated rings. The maximum absolute atomic E-state index is 13.5. The minimum Gasteiger partial charge on any atom is -0.324 e. The first-order valence-electron chi connectivity index (χ1n) is 9.72. The van der Waals surface area contributed by atoms with Crippen molar-refractivity contribution in [2.75, 3.05) is 11.4 Å². The van der Waals surface area contributed by atoms with Gasteiger partial charge in [-0.25, -0.2) is 4.98 Å². The number of hydrogen-bond donors (Lipinski definition) is 0. The predicted octanol–water partition coefficient (Wildman–Crippen LogP) is 3.90. The summed E-state index contributed by atoms with van der Waals surface area (Å²) >= 11 is 6.02. The number of piperazine rings is 1. The molecule has 0 bridgehead atoms. The molecule has 6 heteroatoms. The van der Waals surface area contributed by atoms with Crippen LogP contribution in [0, 0.1) is 19.8 Å². The Balaban J connectivity index is 1.65. The molecular weight excluding hydrogens is 374 g/mol. The molecule has 1 saturated heterocycles. The molecule has 1 aromatic carbocycles. The molecule has 1 aromatic heterocycles. The molecule has 146 valence electrons. The zero-order valence-electron chi connectivity index (χ0n) is 16.2. The molecular formula is C22H24ClN3O2. The van der Waals surface area contributed by atoms with Gasteiger partial charge in [-0.05, 0) is 49.8 Å². The fourth-order valence-electron chi connectivity index (χ4n) is 4.04. The summed E-state index contributed by atoms with van der Waals surface area (Å²) in [6.07, 6.45) is 4.60. The number of carbonyl (C=O) groups is 2. The summed E-state index contributed by atoms with van der Waals surface area (Å²) < 4.78 is 0. The van der Waals surface area contributed by atoms with Gasteiger partial charge in [-0.2, -0.15) is 0 Å². The second kappa shape index (κ2) is 7.55. The van der Waals surface area contributed by atoms with Crippen molar-refractivity contribution < 1.29 is 9.59 Å². The van der Waals surface area contributed by atoms with Crippen LogP contribution in [0.4, 0.5) is 5.82 Å². The SMILES string of the molecule is Cc1ccc(CN2C(=O)CN(c3ncc(Cl)cc3C)C(=O)C2C2CCC2)cc1. The van der Waals surface area contributed by atoms with Gasteiger partial charge >= 0.3 is 0 Å². The highest BCUT2D eigenvalue weighted by molar-refractivity contribution is 6.30.